The Balaban J connectivity index is 2.74. The monoisotopic (exact) mass is 364 g/mol. The van der Waals surface area contributed by atoms with E-state index in [9.17, 15) is 18.4 Å². The van der Waals surface area contributed by atoms with Crippen LogP contribution in [0.15, 0.2) is 16.6 Å². The van der Waals surface area contributed by atoms with Gasteiger partial charge in [0.15, 0.2) is 5.82 Å². The van der Waals surface area contributed by atoms with Gasteiger partial charge >= 0.3 is 12.0 Å². The maximum Gasteiger partial charge on any atom is 0.319 e. The number of amides is 2. The molecular weight excluding hydrogens is 350 g/mol. The summed E-state index contributed by atoms with van der Waals surface area (Å²) < 4.78 is 26.6. The number of hydrogen-bond donors (Lipinski definition) is 3. The molecule has 0 aliphatic heterocycles. The van der Waals surface area contributed by atoms with Crippen LogP contribution in [0.25, 0.3) is 0 Å². The summed E-state index contributed by atoms with van der Waals surface area (Å²) >= 11 is 2.95. The average molecular weight is 365 g/mol. The molecule has 0 saturated carbocycles. The van der Waals surface area contributed by atoms with Gasteiger partial charge in [0.25, 0.3) is 0 Å². The zero-order valence-electron chi connectivity index (χ0n) is 11.3. The summed E-state index contributed by atoms with van der Waals surface area (Å²) in [5.74, 6) is -2.75. The number of rotatable bonds is 6. The molecule has 0 aromatic heterocycles. The first kappa shape index (κ1) is 17.4. The van der Waals surface area contributed by atoms with Crippen molar-refractivity contribution in [2.45, 2.75) is 32.2 Å². The quantitative estimate of drug-likeness (QED) is 0.722. The Morgan fingerprint density at radius 2 is 2.05 bits per heavy atom. The highest BCUT2D eigenvalue weighted by Crippen LogP contribution is 2.26. The highest BCUT2D eigenvalue weighted by molar-refractivity contribution is 9.10. The van der Waals surface area contributed by atoms with Crippen molar-refractivity contribution in [3.8, 4) is 0 Å². The summed E-state index contributed by atoms with van der Waals surface area (Å²) in [5, 5.41) is 13.4. The molecular formula is C13H15BrF2N2O3. The van der Waals surface area contributed by atoms with Crippen LogP contribution in [-0.2, 0) is 4.79 Å². The second-order valence-corrected chi connectivity index (χ2v) is 5.28. The van der Waals surface area contributed by atoms with Crippen LogP contribution in [0.4, 0.5) is 19.3 Å². The Morgan fingerprint density at radius 3 is 2.57 bits per heavy atom. The molecule has 8 heteroatoms. The summed E-state index contributed by atoms with van der Waals surface area (Å²) in [4.78, 5) is 22.5. The Labute approximate surface area is 128 Å². The van der Waals surface area contributed by atoms with Gasteiger partial charge in [0.05, 0.1) is 12.1 Å². The van der Waals surface area contributed by atoms with Gasteiger partial charge in [-0.2, -0.15) is 0 Å². The van der Waals surface area contributed by atoms with Crippen molar-refractivity contribution in [2.75, 3.05) is 5.32 Å². The summed E-state index contributed by atoms with van der Waals surface area (Å²) in [6, 6.07) is 0.344. The van der Waals surface area contributed by atoms with E-state index in [4.69, 9.17) is 5.11 Å². The molecule has 0 spiro atoms. The average Bonchev–Trinajstić information content (AvgIpc) is 2.33. The molecule has 0 bridgehead atoms. The second kappa shape index (κ2) is 7.92. The van der Waals surface area contributed by atoms with Crippen LogP contribution in [0.5, 0.6) is 0 Å². The van der Waals surface area contributed by atoms with Crippen molar-refractivity contribution in [1.29, 1.82) is 0 Å². The van der Waals surface area contributed by atoms with Crippen molar-refractivity contribution >= 4 is 33.6 Å². The number of urea groups is 1. The smallest absolute Gasteiger partial charge is 0.319 e. The molecule has 0 radical (unpaired) electrons. The Kier molecular flexibility index (Phi) is 6.54. The fourth-order valence-corrected chi connectivity index (χ4v) is 2.29. The minimum Gasteiger partial charge on any atom is -0.481 e. The van der Waals surface area contributed by atoms with E-state index in [0.717, 1.165) is 6.07 Å². The summed E-state index contributed by atoms with van der Waals surface area (Å²) in [5.41, 5.74) is -0.209. The predicted octanol–water partition coefficient (Wildman–Crippen LogP) is 3.49. The summed E-state index contributed by atoms with van der Waals surface area (Å²) in [6.45, 7) is 1.85. The highest BCUT2D eigenvalue weighted by Gasteiger charge is 2.17. The van der Waals surface area contributed by atoms with E-state index in [-0.39, 0.29) is 16.6 Å². The molecule has 1 aromatic carbocycles. The van der Waals surface area contributed by atoms with Gasteiger partial charge in [-0.05, 0) is 28.4 Å². The van der Waals surface area contributed by atoms with E-state index in [0.29, 0.717) is 18.9 Å². The summed E-state index contributed by atoms with van der Waals surface area (Å²) in [7, 11) is 0. The molecule has 0 saturated heterocycles. The van der Waals surface area contributed by atoms with Gasteiger partial charge < -0.3 is 15.7 Å². The number of halogens is 3. The first-order chi connectivity index (χ1) is 9.83. The van der Waals surface area contributed by atoms with E-state index in [2.05, 4.69) is 26.6 Å². The number of nitrogens with one attached hydrogen (secondary N) is 2. The molecule has 2 amide bonds. The van der Waals surface area contributed by atoms with Gasteiger partial charge in [0.2, 0.25) is 0 Å². The number of aliphatic carboxylic acids is 1. The molecule has 1 aromatic rings. The van der Waals surface area contributed by atoms with E-state index >= 15 is 0 Å². The number of carboxylic acids is 1. The lowest BCUT2D eigenvalue weighted by molar-refractivity contribution is -0.137. The molecule has 5 nitrogen and oxygen atoms in total. The van der Waals surface area contributed by atoms with E-state index in [1.165, 1.54) is 0 Å². The fourth-order valence-electron chi connectivity index (χ4n) is 1.78. The van der Waals surface area contributed by atoms with Crippen LogP contribution in [0.3, 0.4) is 0 Å². The fraction of sp³-hybridized carbons (Fsp3) is 0.385. The highest BCUT2D eigenvalue weighted by atomic mass is 79.9. The standard InChI is InChI=1S/C13H15BrF2N2O3/c1-2-3-8(6-11(19)20)17-13(21)18-12-9(14)4-7(15)5-10(12)16/h4-5,8H,2-3,6H2,1H3,(H,19,20)(H2,17,18,21). The van der Waals surface area contributed by atoms with Gasteiger partial charge in [0.1, 0.15) is 5.82 Å². The Hall–Kier alpha value is -1.70. The van der Waals surface area contributed by atoms with Crippen molar-refractivity contribution in [3.63, 3.8) is 0 Å². The number of carbonyl (C=O) groups excluding carboxylic acids is 1. The lowest BCUT2D eigenvalue weighted by atomic mass is 10.1. The van der Waals surface area contributed by atoms with E-state index in [1.54, 1.807) is 0 Å². The molecule has 1 unspecified atom stereocenters. The van der Waals surface area contributed by atoms with Crippen molar-refractivity contribution in [1.82, 2.24) is 5.32 Å². The third kappa shape index (κ3) is 5.66. The van der Waals surface area contributed by atoms with Crippen LogP contribution < -0.4 is 10.6 Å². The number of carbonyl (C=O) groups is 2. The van der Waals surface area contributed by atoms with Crippen molar-refractivity contribution < 1.29 is 23.5 Å². The van der Waals surface area contributed by atoms with Gasteiger partial charge in [-0.3, -0.25) is 4.79 Å². The minimum atomic E-state index is -1.04. The first-order valence-electron chi connectivity index (χ1n) is 6.27. The Bertz CT molecular complexity index is 517. The molecule has 0 fully saturated rings. The topological polar surface area (TPSA) is 78.4 Å². The maximum absolute atomic E-state index is 13.6. The van der Waals surface area contributed by atoms with E-state index < -0.39 is 29.7 Å². The third-order valence-corrected chi connectivity index (χ3v) is 3.26. The van der Waals surface area contributed by atoms with Crippen LogP contribution in [-0.4, -0.2) is 23.1 Å². The van der Waals surface area contributed by atoms with Crippen LogP contribution >= 0.6 is 15.9 Å². The lowest BCUT2D eigenvalue weighted by Gasteiger charge is -2.17. The second-order valence-electron chi connectivity index (χ2n) is 4.43. The third-order valence-electron chi connectivity index (χ3n) is 2.64. The normalized spacial score (nSPS) is 11.8. The molecule has 0 aliphatic carbocycles. The van der Waals surface area contributed by atoms with Gasteiger partial charge in [0, 0.05) is 16.6 Å². The SMILES string of the molecule is CCCC(CC(=O)O)NC(=O)Nc1c(F)cc(F)cc1Br. The molecule has 21 heavy (non-hydrogen) atoms. The van der Waals surface area contributed by atoms with Crippen LogP contribution in [0.1, 0.15) is 26.2 Å². The number of carboxylic acid groups (broad SMARTS) is 1. The minimum absolute atomic E-state index is 0.0560. The maximum atomic E-state index is 13.6. The molecule has 1 rings (SSSR count). The lowest BCUT2D eigenvalue weighted by Crippen LogP contribution is -2.39. The van der Waals surface area contributed by atoms with Crippen LogP contribution in [0, 0.1) is 11.6 Å². The molecule has 0 heterocycles. The Morgan fingerprint density at radius 1 is 1.38 bits per heavy atom. The van der Waals surface area contributed by atoms with Gasteiger partial charge in [-0.25, -0.2) is 13.6 Å². The van der Waals surface area contributed by atoms with Crippen molar-refractivity contribution in [3.05, 3.63) is 28.2 Å². The molecule has 3 N–H and O–H groups in total. The van der Waals surface area contributed by atoms with E-state index in [1.807, 2.05) is 6.92 Å². The van der Waals surface area contributed by atoms with Gasteiger partial charge in [-0.1, -0.05) is 13.3 Å². The van der Waals surface area contributed by atoms with Crippen molar-refractivity contribution in [2.24, 2.45) is 0 Å². The van der Waals surface area contributed by atoms with Crippen LogP contribution in [0.2, 0.25) is 0 Å². The number of hydrogen-bond acceptors (Lipinski definition) is 2. The zero-order chi connectivity index (χ0) is 16.0. The number of benzene rings is 1. The van der Waals surface area contributed by atoms with Gasteiger partial charge in [-0.15, -0.1) is 0 Å². The molecule has 116 valence electrons. The predicted molar refractivity (Wildman–Crippen MR) is 77.2 cm³/mol. The largest absolute Gasteiger partial charge is 0.481 e. The number of anilines is 1. The molecule has 0 aliphatic rings. The molecule has 1 atom stereocenters. The zero-order valence-corrected chi connectivity index (χ0v) is 12.8. The first-order valence-corrected chi connectivity index (χ1v) is 7.06. The summed E-state index contributed by atoms with van der Waals surface area (Å²) in [6.07, 6.45) is 0.938.